The number of benzene rings is 1. The molecule has 1 aliphatic carbocycles. The van der Waals surface area contributed by atoms with Crippen LogP contribution in [0.25, 0.3) is 0 Å². The maximum Gasteiger partial charge on any atom is 0.317 e. The Morgan fingerprint density at radius 2 is 2.04 bits per heavy atom. The highest BCUT2D eigenvalue weighted by Gasteiger charge is 2.30. The number of urea groups is 1. The zero-order valence-corrected chi connectivity index (χ0v) is 15.3. The maximum atomic E-state index is 12.7. The van der Waals surface area contributed by atoms with Crippen molar-refractivity contribution in [3.05, 3.63) is 35.4 Å². The van der Waals surface area contributed by atoms with Crippen molar-refractivity contribution in [3.8, 4) is 0 Å². The first-order valence-corrected chi connectivity index (χ1v) is 9.60. The first-order valence-electron chi connectivity index (χ1n) is 9.60. The quantitative estimate of drug-likeness (QED) is 0.832. The summed E-state index contributed by atoms with van der Waals surface area (Å²) >= 11 is 0. The van der Waals surface area contributed by atoms with E-state index in [-0.39, 0.29) is 18.7 Å². The van der Waals surface area contributed by atoms with Gasteiger partial charge in [0.1, 0.15) is 0 Å². The topological polar surface area (TPSA) is 55.8 Å². The Hall–Kier alpha value is -1.59. The van der Waals surface area contributed by atoms with Gasteiger partial charge in [-0.3, -0.25) is 0 Å². The van der Waals surface area contributed by atoms with Crippen molar-refractivity contribution in [2.24, 2.45) is 5.92 Å². The van der Waals surface area contributed by atoms with E-state index in [9.17, 15) is 9.90 Å². The number of nitrogens with one attached hydrogen (secondary N) is 1. The number of nitrogens with zero attached hydrogens (tertiary/aromatic N) is 2. The lowest BCUT2D eigenvalue weighted by Crippen LogP contribution is -2.44. The second-order valence-corrected chi connectivity index (χ2v) is 7.44. The van der Waals surface area contributed by atoms with Crippen LogP contribution >= 0.6 is 0 Å². The molecule has 3 rings (SSSR count). The fourth-order valence-electron chi connectivity index (χ4n) is 4.20. The molecule has 2 amide bonds. The summed E-state index contributed by atoms with van der Waals surface area (Å²) in [6.07, 6.45) is 5.45. The van der Waals surface area contributed by atoms with Crippen molar-refractivity contribution in [1.29, 1.82) is 0 Å². The summed E-state index contributed by atoms with van der Waals surface area (Å²) in [4.78, 5) is 16.9. The average Bonchev–Trinajstić information content (AvgIpc) is 3.05. The standard InChI is InChI=1S/C20H31N3O2/c1-22-12-9-16(10-13-22)8-11-21-20(25)23(14-15-24)19-7-6-17-4-2-3-5-18(17)19/h2-5,16,19,24H,6-15H2,1H3,(H,21,25). The normalized spacial score (nSPS) is 21.1. The molecule has 0 radical (unpaired) electrons. The highest BCUT2D eigenvalue weighted by molar-refractivity contribution is 5.75. The van der Waals surface area contributed by atoms with Gasteiger partial charge in [0, 0.05) is 13.1 Å². The largest absolute Gasteiger partial charge is 0.395 e. The zero-order chi connectivity index (χ0) is 17.6. The summed E-state index contributed by atoms with van der Waals surface area (Å²) in [5.74, 6) is 0.718. The van der Waals surface area contributed by atoms with Gasteiger partial charge in [-0.15, -0.1) is 0 Å². The van der Waals surface area contributed by atoms with E-state index in [1.807, 2.05) is 11.0 Å². The lowest BCUT2D eigenvalue weighted by molar-refractivity contribution is 0.150. The second kappa shape index (κ2) is 8.68. The molecule has 1 heterocycles. The Morgan fingerprint density at radius 3 is 2.80 bits per heavy atom. The minimum Gasteiger partial charge on any atom is -0.395 e. The van der Waals surface area contributed by atoms with E-state index in [0.29, 0.717) is 6.54 Å². The monoisotopic (exact) mass is 345 g/mol. The molecule has 5 nitrogen and oxygen atoms in total. The highest BCUT2D eigenvalue weighted by Crippen LogP contribution is 2.35. The van der Waals surface area contributed by atoms with E-state index in [2.05, 4.69) is 35.5 Å². The van der Waals surface area contributed by atoms with Gasteiger partial charge >= 0.3 is 6.03 Å². The van der Waals surface area contributed by atoms with Crippen molar-refractivity contribution in [2.75, 3.05) is 39.8 Å². The summed E-state index contributed by atoms with van der Waals surface area (Å²) in [5.41, 5.74) is 2.57. The van der Waals surface area contributed by atoms with Crippen molar-refractivity contribution in [3.63, 3.8) is 0 Å². The van der Waals surface area contributed by atoms with Gasteiger partial charge in [-0.05, 0) is 69.3 Å². The molecular weight excluding hydrogens is 314 g/mol. The number of aliphatic hydroxyl groups is 1. The average molecular weight is 345 g/mol. The number of piperidine rings is 1. The molecule has 1 aromatic rings. The van der Waals surface area contributed by atoms with Crippen LogP contribution in [0.15, 0.2) is 24.3 Å². The number of fused-ring (bicyclic) bond motifs is 1. The molecule has 138 valence electrons. The Bertz CT molecular complexity index is 570. The molecule has 1 saturated heterocycles. The van der Waals surface area contributed by atoms with Crippen LogP contribution in [-0.4, -0.2) is 60.8 Å². The lowest BCUT2D eigenvalue weighted by Gasteiger charge is -2.31. The number of hydrogen-bond donors (Lipinski definition) is 2. The summed E-state index contributed by atoms with van der Waals surface area (Å²) in [7, 11) is 2.17. The van der Waals surface area contributed by atoms with E-state index in [1.165, 1.54) is 24.0 Å². The molecular formula is C20H31N3O2. The van der Waals surface area contributed by atoms with Crippen molar-refractivity contribution < 1.29 is 9.90 Å². The van der Waals surface area contributed by atoms with E-state index in [1.54, 1.807) is 0 Å². The maximum absolute atomic E-state index is 12.7. The van der Waals surface area contributed by atoms with Crippen LogP contribution < -0.4 is 5.32 Å². The molecule has 1 unspecified atom stereocenters. The predicted molar refractivity (Wildman–Crippen MR) is 99.5 cm³/mol. The second-order valence-electron chi connectivity index (χ2n) is 7.44. The van der Waals surface area contributed by atoms with Crippen LogP contribution in [0.3, 0.4) is 0 Å². The van der Waals surface area contributed by atoms with Crippen LogP contribution in [0.5, 0.6) is 0 Å². The van der Waals surface area contributed by atoms with Crippen LogP contribution in [0.4, 0.5) is 4.79 Å². The van der Waals surface area contributed by atoms with Crippen molar-refractivity contribution in [1.82, 2.24) is 15.1 Å². The lowest BCUT2D eigenvalue weighted by atomic mass is 9.94. The molecule has 0 spiro atoms. The number of rotatable bonds is 6. The molecule has 2 N–H and O–H groups in total. The molecule has 1 fully saturated rings. The molecule has 0 bridgehead atoms. The van der Waals surface area contributed by atoms with Crippen LogP contribution in [0, 0.1) is 5.92 Å². The summed E-state index contributed by atoms with van der Waals surface area (Å²) in [6.45, 7) is 3.44. The molecule has 0 aromatic heterocycles. The smallest absolute Gasteiger partial charge is 0.317 e. The summed E-state index contributed by atoms with van der Waals surface area (Å²) < 4.78 is 0. The van der Waals surface area contributed by atoms with Crippen LogP contribution in [-0.2, 0) is 6.42 Å². The third-order valence-corrected chi connectivity index (χ3v) is 5.75. The van der Waals surface area contributed by atoms with Crippen LogP contribution in [0.2, 0.25) is 0 Å². The Kier molecular flexibility index (Phi) is 6.32. The van der Waals surface area contributed by atoms with Gasteiger partial charge in [0.05, 0.1) is 12.6 Å². The van der Waals surface area contributed by atoms with Crippen molar-refractivity contribution >= 4 is 6.03 Å². The van der Waals surface area contributed by atoms with Gasteiger partial charge in [-0.1, -0.05) is 24.3 Å². The van der Waals surface area contributed by atoms with Gasteiger partial charge in [0.25, 0.3) is 0 Å². The van der Waals surface area contributed by atoms with Gasteiger partial charge in [0.15, 0.2) is 0 Å². The van der Waals surface area contributed by atoms with Crippen molar-refractivity contribution in [2.45, 2.75) is 38.1 Å². The van der Waals surface area contributed by atoms with E-state index >= 15 is 0 Å². The first kappa shape index (κ1) is 18.2. The number of likely N-dealkylation sites (tertiary alicyclic amines) is 1. The van der Waals surface area contributed by atoms with Gasteiger partial charge in [-0.25, -0.2) is 4.79 Å². The van der Waals surface area contributed by atoms with Gasteiger partial charge in [-0.2, -0.15) is 0 Å². The minimum absolute atomic E-state index is 0.00104. The van der Waals surface area contributed by atoms with Gasteiger partial charge < -0.3 is 20.2 Å². The fraction of sp³-hybridized carbons (Fsp3) is 0.650. The predicted octanol–water partition coefficient (Wildman–Crippen LogP) is 2.41. The molecule has 25 heavy (non-hydrogen) atoms. The molecule has 5 heteroatoms. The molecule has 2 aliphatic rings. The fourth-order valence-corrected chi connectivity index (χ4v) is 4.20. The third-order valence-electron chi connectivity index (χ3n) is 5.75. The molecule has 1 aromatic carbocycles. The number of aliphatic hydroxyl groups excluding tert-OH is 1. The molecule has 1 atom stereocenters. The first-order chi connectivity index (χ1) is 12.2. The van der Waals surface area contributed by atoms with Crippen LogP contribution in [0.1, 0.15) is 42.9 Å². The van der Waals surface area contributed by atoms with Gasteiger partial charge in [0.2, 0.25) is 0 Å². The summed E-state index contributed by atoms with van der Waals surface area (Å²) in [5, 5.41) is 12.5. The number of carbonyl (C=O) groups excluding carboxylic acids is 1. The van der Waals surface area contributed by atoms with E-state index < -0.39 is 0 Å². The summed E-state index contributed by atoms with van der Waals surface area (Å²) in [6, 6.07) is 8.40. The zero-order valence-electron chi connectivity index (χ0n) is 15.3. The van der Waals surface area contributed by atoms with E-state index in [4.69, 9.17) is 0 Å². The number of hydrogen-bond acceptors (Lipinski definition) is 3. The number of carbonyl (C=O) groups is 1. The number of aryl methyl sites for hydroxylation is 1. The van der Waals surface area contributed by atoms with E-state index in [0.717, 1.165) is 44.8 Å². The third kappa shape index (κ3) is 4.53. The number of amides is 2. The molecule has 1 aliphatic heterocycles. The Balaban J connectivity index is 1.53. The SMILES string of the molecule is CN1CCC(CCNC(=O)N(CCO)C2CCc3ccccc32)CC1. The highest BCUT2D eigenvalue weighted by atomic mass is 16.3. The Labute approximate surface area is 151 Å². The minimum atomic E-state index is -0.0383. The molecule has 0 saturated carbocycles. The Morgan fingerprint density at radius 1 is 1.28 bits per heavy atom.